The maximum absolute atomic E-state index is 9.56. The topological polar surface area (TPSA) is 38.7 Å². The van der Waals surface area contributed by atoms with Gasteiger partial charge in [0.25, 0.3) is 0 Å². The number of aliphatic hydroxyl groups is 1. The van der Waals surface area contributed by atoms with Crippen molar-refractivity contribution in [2.24, 2.45) is 0 Å². The third-order valence-electron chi connectivity index (χ3n) is 2.44. The lowest BCUT2D eigenvalue weighted by Crippen LogP contribution is -2.05. The van der Waals surface area contributed by atoms with Gasteiger partial charge >= 0.3 is 0 Å². The molecule has 0 amide bonds. The summed E-state index contributed by atoms with van der Waals surface area (Å²) in [4.78, 5) is 0. The molecule has 0 saturated heterocycles. The second kappa shape index (κ2) is 6.62. The normalized spacial score (nSPS) is 12.8. The summed E-state index contributed by atoms with van der Waals surface area (Å²) in [6.45, 7) is 8.84. The van der Waals surface area contributed by atoms with Crippen molar-refractivity contribution in [3.8, 4) is 5.75 Å². The molecule has 1 atom stereocenters. The molecule has 96 valence electrons. The molecule has 1 aromatic rings. The average molecular weight is 238 g/mol. The molecule has 0 aliphatic carbocycles. The van der Waals surface area contributed by atoms with Gasteiger partial charge in [-0.2, -0.15) is 0 Å². The van der Waals surface area contributed by atoms with Crippen molar-refractivity contribution in [1.29, 1.82) is 0 Å². The van der Waals surface area contributed by atoms with E-state index in [0.717, 1.165) is 16.9 Å². The van der Waals surface area contributed by atoms with Gasteiger partial charge in [0.15, 0.2) is 0 Å². The Morgan fingerprint density at radius 3 is 2.47 bits per heavy atom. The molecule has 0 heterocycles. The van der Waals surface area contributed by atoms with Crippen LogP contribution >= 0.6 is 0 Å². The maximum Gasteiger partial charge on any atom is 0.124 e. The quantitative estimate of drug-likeness (QED) is 0.827. The standard InChI is InChI=1S/C14H22O3/c1-5-16-14-7-6-12(11(4)15)8-13(14)9-17-10(2)3/h6-8,10-11,15H,5,9H2,1-4H3. The minimum absolute atomic E-state index is 0.180. The molecule has 0 saturated carbocycles. The van der Waals surface area contributed by atoms with Crippen LogP contribution in [0, 0.1) is 0 Å². The summed E-state index contributed by atoms with van der Waals surface area (Å²) >= 11 is 0. The van der Waals surface area contributed by atoms with E-state index in [1.165, 1.54) is 0 Å². The zero-order valence-corrected chi connectivity index (χ0v) is 11.1. The van der Waals surface area contributed by atoms with Crippen LogP contribution in [0.1, 0.15) is 44.9 Å². The highest BCUT2D eigenvalue weighted by molar-refractivity contribution is 5.37. The van der Waals surface area contributed by atoms with Crippen molar-refractivity contribution in [2.75, 3.05) is 6.61 Å². The van der Waals surface area contributed by atoms with E-state index in [2.05, 4.69) is 0 Å². The van der Waals surface area contributed by atoms with Crippen molar-refractivity contribution in [3.63, 3.8) is 0 Å². The van der Waals surface area contributed by atoms with E-state index in [1.54, 1.807) is 6.92 Å². The fourth-order valence-electron chi connectivity index (χ4n) is 1.52. The first-order valence-corrected chi connectivity index (χ1v) is 6.09. The number of benzene rings is 1. The largest absolute Gasteiger partial charge is 0.494 e. The molecule has 17 heavy (non-hydrogen) atoms. The van der Waals surface area contributed by atoms with Crippen LogP contribution in [0.3, 0.4) is 0 Å². The number of ether oxygens (including phenoxy) is 2. The number of hydrogen-bond donors (Lipinski definition) is 1. The fraction of sp³-hybridized carbons (Fsp3) is 0.571. The number of aliphatic hydroxyl groups excluding tert-OH is 1. The summed E-state index contributed by atoms with van der Waals surface area (Å²) in [6, 6.07) is 5.72. The molecule has 0 aromatic heterocycles. The van der Waals surface area contributed by atoms with Crippen LogP contribution in [0.4, 0.5) is 0 Å². The van der Waals surface area contributed by atoms with Crippen molar-refractivity contribution in [3.05, 3.63) is 29.3 Å². The summed E-state index contributed by atoms with van der Waals surface area (Å²) < 4.78 is 11.1. The Morgan fingerprint density at radius 2 is 1.94 bits per heavy atom. The Bertz CT molecular complexity index is 345. The van der Waals surface area contributed by atoms with Gasteiger partial charge in [0, 0.05) is 5.56 Å². The lowest BCUT2D eigenvalue weighted by atomic mass is 10.1. The smallest absolute Gasteiger partial charge is 0.124 e. The van der Waals surface area contributed by atoms with E-state index in [9.17, 15) is 5.11 Å². The van der Waals surface area contributed by atoms with Crippen LogP contribution in [0.5, 0.6) is 5.75 Å². The molecule has 0 radical (unpaired) electrons. The highest BCUT2D eigenvalue weighted by Crippen LogP contribution is 2.24. The van der Waals surface area contributed by atoms with Gasteiger partial charge in [-0.15, -0.1) is 0 Å². The molecular weight excluding hydrogens is 216 g/mol. The van der Waals surface area contributed by atoms with Crippen LogP contribution in [-0.4, -0.2) is 17.8 Å². The molecule has 3 nitrogen and oxygen atoms in total. The predicted molar refractivity (Wildman–Crippen MR) is 68.2 cm³/mol. The van der Waals surface area contributed by atoms with Gasteiger partial charge in [-0.3, -0.25) is 0 Å². The Balaban J connectivity index is 2.90. The van der Waals surface area contributed by atoms with Gasteiger partial charge in [0.2, 0.25) is 0 Å². The van der Waals surface area contributed by atoms with Crippen LogP contribution < -0.4 is 4.74 Å². The Morgan fingerprint density at radius 1 is 1.24 bits per heavy atom. The Labute approximate surface area is 103 Å². The van der Waals surface area contributed by atoms with Crippen LogP contribution in [0.2, 0.25) is 0 Å². The van der Waals surface area contributed by atoms with Crippen LogP contribution in [0.15, 0.2) is 18.2 Å². The van der Waals surface area contributed by atoms with E-state index in [0.29, 0.717) is 13.2 Å². The minimum atomic E-state index is -0.469. The molecule has 1 N–H and O–H groups in total. The van der Waals surface area contributed by atoms with Gasteiger partial charge in [-0.1, -0.05) is 6.07 Å². The molecule has 1 aromatic carbocycles. The van der Waals surface area contributed by atoms with Crippen molar-refractivity contribution in [1.82, 2.24) is 0 Å². The monoisotopic (exact) mass is 238 g/mol. The van der Waals surface area contributed by atoms with Gasteiger partial charge in [-0.05, 0) is 45.4 Å². The first-order chi connectivity index (χ1) is 8.04. The molecule has 0 aliphatic rings. The number of hydrogen-bond acceptors (Lipinski definition) is 3. The minimum Gasteiger partial charge on any atom is -0.494 e. The van der Waals surface area contributed by atoms with Crippen molar-refractivity contribution >= 4 is 0 Å². The number of rotatable bonds is 6. The first kappa shape index (κ1) is 14.0. The Kier molecular flexibility index (Phi) is 5.45. The van der Waals surface area contributed by atoms with Crippen molar-refractivity contribution in [2.45, 2.75) is 46.5 Å². The zero-order valence-electron chi connectivity index (χ0n) is 11.1. The van der Waals surface area contributed by atoms with Gasteiger partial charge in [0.05, 0.1) is 25.4 Å². The van der Waals surface area contributed by atoms with Crippen molar-refractivity contribution < 1.29 is 14.6 Å². The van der Waals surface area contributed by atoms with E-state index < -0.39 is 6.10 Å². The second-order valence-electron chi connectivity index (χ2n) is 4.34. The Hall–Kier alpha value is -1.06. The molecule has 1 rings (SSSR count). The average Bonchev–Trinajstić information content (AvgIpc) is 2.27. The molecular formula is C14H22O3. The zero-order chi connectivity index (χ0) is 12.8. The molecule has 3 heteroatoms. The third kappa shape index (κ3) is 4.36. The molecule has 0 aliphatic heterocycles. The molecule has 1 unspecified atom stereocenters. The summed E-state index contributed by atoms with van der Waals surface area (Å²) in [6.07, 6.45) is -0.289. The van der Waals surface area contributed by atoms with E-state index >= 15 is 0 Å². The summed E-state index contributed by atoms with van der Waals surface area (Å²) in [5.74, 6) is 0.831. The highest BCUT2D eigenvalue weighted by atomic mass is 16.5. The second-order valence-corrected chi connectivity index (χ2v) is 4.34. The van der Waals surface area contributed by atoms with Gasteiger partial charge in [-0.25, -0.2) is 0 Å². The predicted octanol–water partition coefficient (Wildman–Crippen LogP) is 3.06. The van der Waals surface area contributed by atoms with Crippen LogP contribution in [0.25, 0.3) is 0 Å². The summed E-state index contributed by atoms with van der Waals surface area (Å²) in [5.41, 5.74) is 1.87. The first-order valence-electron chi connectivity index (χ1n) is 6.09. The summed E-state index contributed by atoms with van der Waals surface area (Å²) in [5, 5.41) is 9.56. The maximum atomic E-state index is 9.56. The lowest BCUT2D eigenvalue weighted by Gasteiger charge is -2.15. The third-order valence-corrected chi connectivity index (χ3v) is 2.44. The van der Waals surface area contributed by atoms with Gasteiger partial charge < -0.3 is 14.6 Å². The van der Waals surface area contributed by atoms with E-state index in [4.69, 9.17) is 9.47 Å². The molecule has 0 spiro atoms. The SMILES string of the molecule is CCOc1ccc(C(C)O)cc1COC(C)C. The summed E-state index contributed by atoms with van der Waals surface area (Å²) in [7, 11) is 0. The fourth-order valence-corrected chi connectivity index (χ4v) is 1.52. The van der Waals surface area contributed by atoms with Gasteiger partial charge in [0.1, 0.15) is 5.75 Å². The molecule has 0 bridgehead atoms. The van der Waals surface area contributed by atoms with Crippen LogP contribution in [-0.2, 0) is 11.3 Å². The van der Waals surface area contributed by atoms with E-state index in [1.807, 2.05) is 39.0 Å². The highest BCUT2D eigenvalue weighted by Gasteiger charge is 2.09. The lowest BCUT2D eigenvalue weighted by molar-refractivity contribution is 0.0640. The van der Waals surface area contributed by atoms with E-state index in [-0.39, 0.29) is 6.10 Å². The molecule has 0 fully saturated rings.